The normalized spacial score (nSPS) is 12.0. The lowest BCUT2D eigenvalue weighted by molar-refractivity contribution is 0.110. The molecule has 0 bridgehead atoms. The lowest BCUT2D eigenvalue weighted by Gasteiger charge is -2.27. The minimum Gasteiger partial charge on any atom is -0.491 e. The number of nitrogens with one attached hydrogen (secondary N) is 1. The van der Waals surface area contributed by atoms with Crippen molar-refractivity contribution in [2.24, 2.45) is 0 Å². The Bertz CT molecular complexity index is 788. The van der Waals surface area contributed by atoms with Gasteiger partial charge in [0.2, 0.25) is 0 Å². The van der Waals surface area contributed by atoms with Crippen LogP contribution in [0.2, 0.25) is 0 Å². The molecule has 166 valence electrons. The van der Waals surface area contributed by atoms with Crippen LogP contribution in [0.4, 0.5) is 5.69 Å². The Kier molecular flexibility index (Phi) is 8.60. The minimum absolute atomic E-state index is 0.0250. The highest BCUT2D eigenvalue weighted by molar-refractivity contribution is 5.48. The molecule has 0 aromatic heterocycles. The molecule has 0 unspecified atom stereocenters. The van der Waals surface area contributed by atoms with E-state index in [-0.39, 0.29) is 10.8 Å². The first-order chi connectivity index (χ1) is 14.1. The van der Waals surface area contributed by atoms with Crippen LogP contribution in [0.5, 0.6) is 11.5 Å². The molecule has 2 aromatic rings. The van der Waals surface area contributed by atoms with Gasteiger partial charge in [0, 0.05) is 24.9 Å². The fraction of sp³-hybridized carbons (Fsp3) is 0.538. The fourth-order valence-corrected chi connectivity index (χ4v) is 3.12. The maximum Gasteiger partial charge on any atom is 0.123 e. The van der Waals surface area contributed by atoms with Crippen LogP contribution in [0, 0.1) is 0 Å². The molecule has 0 atom stereocenters. The number of hydrogen-bond acceptors (Lipinski definition) is 4. The van der Waals surface area contributed by atoms with Gasteiger partial charge in [-0.05, 0) is 47.1 Å². The van der Waals surface area contributed by atoms with Crippen LogP contribution >= 0.6 is 0 Å². The smallest absolute Gasteiger partial charge is 0.123 e. The van der Waals surface area contributed by atoms with Gasteiger partial charge in [0.05, 0.1) is 6.61 Å². The summed E-state index contributed by atoms with van der Waals surface area (Å²) in [6.07, 6.45) is 0. The first kappa shape index (κ1) is 24.1. The zero-order chi connectivity index (χ0) is 22.2. The average Bonchev–Trinajstić information content (AvgIpc) is 2.67. The van der Waals surface area contributed by atoms with Gasteiger partial charge >= 0.3 is 0 Å². The summed E-state index contributed by atoms with van der Waals surface area (Å²) in [5, 5.41) is 3.41. The van der Waals surface area contributed by atoms with Crippen LogP contribution in [0.3, 0.4) is 0 Å². The van der Waals surface area contributed by atoms with Crippen LogP contribution in [-0.4, -0.2) is 33.0 Å². The van der Waals surface area contributed by atoms with Crippen LogP contribution in [-0.2, 0) is 15.6 Å². The van der Waals surface area contributed by atoms with E-state index in [0.29, 0.717) is 33.0 Å². The Labute approximate surface area is 182 Å². The van der Waals surface area contributed by atoms with Gasteiger partial charge in [0.15, 0.2) is 0 Å². The molecule has 0 heterocycles. The van der Waals surface area contributed by atoms with Crippen molar-refractivity contribution in [2.75, 3.05) is 38.3 Å². The van der Waals surface area contributed by atoms with Crippen molar-refractivity contribution < 1.29 is 14.2 Å². The molecule has 2 rings (SSSR count). The molecule has 0 radical (unpaired) electrons. The molecule has 4 nitrogen and oxygen atoms in total. The maximum atomic E-state index is 6.16. The second-order valence-electron chi connectivity index (χ2n) is 9.56. The largest absolute Gasteiger partial charge is 0.491 e. The van der Waals surface area contributed by atoms with Crippen molar-refractivity contribution in [2.45, 2.75) is 59.3 Å². The lowest BCUT2D eigenvalue weighted by atomic mass is 9.80. The van der Waals surface area contributed by atoms with Crippen LogP contribution < -0.4 is 14.8 Å². The molecular weight excluding hydrogens is 374 g/mol. The first-order valence-electron chi connectivity index (χ1n) is 10.9. The Hall–Kier alpha value is -2.20. The molecule has 0 saturated carbocycles. The predicted octanol–water partition coefficient (Wildman–Crippen LogP) is 6.19. The number of ether oxygens (including phenoxy) is 3. The van der Waals surface area contributed by atoms with Crippen molar-refractivity contribution in [3.05, 3.63) is 53.6 Å². The third-order valence-corrected chi connectivity index (χ3v) is 4.88. The summed E-state index contributed by atoms with van der Waals surface area (Å²) < 4.78 is 17.2. The number of anilines is 1. The predicted molar refractivity (Wildman–Crippen MR) is 126 cm³/mol. The topological polar surface area (TPSA) is 39.7 Å². The van der Waals surface area contributed by atoms with E-state index in [1.807, 2.05) is 31.2 Å². The molecule has 4 heteroatoms. The molecule has 0 saturated heterocycles. The fourth-order valence-electron chi connectivity index (χ4n) is 3.12. The highest BCUT2D eigenvalue weighted by Crippen LogP contribution is 2.35. The Morgan fingerprint density at radius 2 is 1.57 bits per heavy atom. The lowest BCUT2D eigenvalue weighted by Crippen LogP contribution is -2.19. The zero-order valence-electron chi connectivity index (χ0n) is 19.8. The molecule has 0 aliphatic rings. The van der Waals surface area contributed by atoms with E-state index in [1.54, 1.807) is 0 Å². The average molecular weight is 414 g/mol. The number of hydrogen-bond donors (Lipinski definition) is 1. The van der Waals surface area contributed by atoms with Gasteiger partial charge in [-0.15, -0.1) is 0 Å². The van der Waals surface area contributed by atoms with Crippen molar-refractivity contribution in [1.29, 1.82) is 0 Å². The van der Waals surface area contributed by atoms with Crippen LogP contribution in [0.1, 0.15) is 59.6 Å². The molecule has 2 aromatic carbocycles. The van der Waals surface area contributed by atoms with Crippen molar-refractivity contribution in [3.8, 4) is 11.5 Å². The standard InChI is InChI=1S/C26H39NO3/c1-8-28-16-17-29-22-11-9-10-21(19-22)27-14-15-30-24-13-12-20(25(2,3)4)18-23(24)26(5,6)7/h9-13,18-19,27H,8,14-17H2,1-7H3. The van der Waals surface area contributed by atoms with E-state index in [2.05, 4.69) is 65.1 Å². The third-order valence-electron chi connectivity index (χ3n) is 4.88. The number of rotatable bonds is 10. The van der Waals surface area contributed by atoms with E-state index in [9.17, 15) is 0 Å². The molecule has 1 N–H and O–H groups in total. The summed E-state index contributed by atoms with van der Waals surface area (Å²) >= 11 is 0. The summed E-state index contributed by atoms with van der Waals surface area (Å²) in [5.74, 6) is 1.80. The van der Waals surface area contributed by atoms with Crippen LogP contribution in [0.25, 0.3) is 0 Å². The van der Waals surface area contributed by atoms with E-state index in [4.69, 9.17) is 14.2 Å². The highest BCUT2D eigenvalue weighted by Gasteiger charge is 2.23. The van der Waals surface area contributed by atoms with E-state index in [1.165, 1.54) is 11.1 Å². The summed E-state index contributed by atoms with van der Waals surface area (Å²) in [6, 6.07) is 14.6. The van der Waals surface area contributed by atoms with Gasteiger partial charge in [-0.3, -0.25) is 0 Å². The van der Waals surface area contributed by atoms with Gasteiger partial charge in [-0.1, -0.05) is 59.7 Å². The highest BCUT2D eigenvalue weighted by atomic mass is 16.5. The Balaban J connectivity index is 1.93. The molecule has 30 heavy (non-hydrogen) atoms. The van der Waals surface area contributed by atoms with Crippen molar-refractivity contribution >= 4 is 5.69 Å². The van der Waals surface area contributed by atoms with Crippen molar-refractivity contribution in [1.82, 2.24) is 0 Å². The monoisotopic (exact) mass is 413 g/mol. The summed E-state index contributed by atoms with van der Waals surface area (Å²) in [6.45, 7) is 18.6. The summed E-state index contributed by atoms with van der Waals surface area (Å²) in [5.41, 5.74) is 3.75. The molecule has 0 aliphatic carbocycles. The SMILES string of the molecule is CCOCCOc1cccc(NCCOc2ccc(C(C)(C)C)cc2C(C)(C)C)c1. The molecule has 0 fully saturated rings. The summed E-state index contributed by atoms with van der Waals surface area (Å²) in [4.78, 5) is 0. The van der Waals surface area contributed by atoms with Gasteiger partial charge in [-0.25, -0.2) is 0 Å². The van der Waals surface area contributed by atoms with E-state index < -0.39 is 0 Å². The minimum atomic E-state index is 0.0250. The van der Waals surface area contributed by atoms with Crippen LogP contribution in [0.15, 0.2) is 42.5 Å². The Morgan fingerprint density at radius 3 is 2.23 bits per heavy atom. The van der Waals surface area contributed by atoms with E-state index in [0.717, 1.165) is 17.2 Å². The van der Waals surface area contributed by atoms with Gasteiger partial charge < -0.3 is 19.5 Å². The van der Waals surface area contributed by atoms with E-state index >= 15 is 0 Å². The second-order valence-corrected chi connectivity index (χ2v) is 9.56. The number of benzene rings is 2. The molecular formula is C26H39NO3. The first-order valence-corrected chi connectivity index (χ1v) is 10.9. The Morgan fingerprint density at radius 1 is 0.800 bits per heavy atom. The van der Waals surface area contributed by atoms with Gasteiger partial charge in [0.25, 0.3) is 0 Å². The molecule has 0 spiro atoms. The van der Waals surface area contributed by atoms with Gasteiger partial charge in [-0.2, -0.15) is 0 Å². The molecule has 0 aliphatic heterocycles. The maximum absolute atomic E-state index is 6.16. The summed E-state index contributed by atoms with van der Waals surface area (Å²) in [7, 11) is 0. The zero-order valence-corrected chi connectivity index (χ0v) is 19.8. The third kappa shape index (κ3) is 7.56. The van der Waals surface area contributed by atoms with Gasteiger partial charge in [0.1, 0.15) is 24.7 Å². The quantitative estimate of drug-likeness (QED) is 0.472. The molecule has 0 amide bonds. The second kappa shape index (κ2) is 10.7. The van der Waals surface area contributed by atoms with Crippen molar-refractivity contribution in [3.63, 3.8) is 0 Å².